The summed E-state index contributed by atoms with van der Waals surface area (Å²) in [6.45, 7) is 2.48. The fraction of sp³-hybridized carbons (Fsp3) is 0.417. The molecule has 0 heterocycles. The number of amides is 1. The summed E-state index contributed by atoms with van der Waals surface area (Å²) in [5.74, 6) is 0. The highest BCUT2D eigenvalue weighted by Gasteiger charge is 2.30. The number of aryl methyl sites for hydroxylation is 1. The predicted molar refractivity (Wildman–Crippen MR) is 81.6 cm³/mol. The molecule has 0 spiro atoms. The Labute approximate surface area is 128 Å². The number of carbonyl (C=O) groups excluding carboxylic acids is 1. The lowest BCUT2D eigenvalue weighted by molar-refractivity contribution is -0.244. The molecule has 0 aliphatic rings. The van der Waals surface area contributed by atoms with Gasteiger partial charge in [0, 0.05) is 5.02 Å². The van der Waals surface area contributed by atoms with Crippen molar-refractivity contribution in [2.75, 3.05) is 17.9 Å². The lowest BCUT2D eigenvalue weighted by Gasteiger charge is -2.35. The van der Waals surface area contributed by atoms with E-state index in [-0.39, 0.29) is 13.2 Å². The van der Waals surface area contributed by atoms with Crippen molar-refractivity contribution in [3.8, 4) is 0 Å². The zero-order valence-corrected chi connectivity index (χ0v) is 13.9. The maximum Gasteiger partial charge on any atom is 0.295 e. The third-order valence-corrected chi connectivity index (χ3v) is 5.78. The molecule has 8 heteroatoms. The van der Waals surface area contributed by atoms with Crippen LogP contribution in [0, 0.1) is 6.92 Å². The average molecular weight is 337 g/mol. The van der Waals surface area contributed by atoms with Gasteiger partial charge < -0.3 is 18.9 Å². The van der Waals surface area contributed by atoms with Gasteiger partial charge in [0.05, 0.1) is 18.9 Å². The summed E-state index contributed by atoms with van der Waals surface area (Å²) < 4.78 is 11.7. The molecule has 0 atom stereocenters. The molecule has 112 valence electrons. The minimum Gasteiger partial charge on any atom is -0.529 e. The Balaban J connectivity index is 3.35. The number of hydrogen-bond acceptors (Lipinski definition) is 5. The number of halogens is 1. The van der Waals surface area contributed by atoms with E-state index in [0.29, 0.717) is 16.3 Å². The predicted octanol–water partition coefficient (Wildman–Crippen LogP) is 3.10. The van der Waals surface area contributed by atoms with Gasteiger partial charge in [0.25, 0.3) is 6.64 Å². The van der Waals surface area contributed by atoms with Crippen LogP contribution in [0.4, 0.5) is 10.5 Å². The van der Waals surface area contributed by atoms with Gasteiger partial charge in [0.15, 0.2) is 0 Å². The maximum atomic E-state index is 11.5. The van der Waals surface area contributed by atoms with Gasteiger partial charge in [-0.15, -0.1) is 0 Å². The van der Waals surface area contributed by atoms with Crippen molar-refractivity contribution in [3.63, 3.8) is 0 Å². The number of benzene rings is 1. The Bertz CT molecular complexity index is 530. The molecule has 0 saturated heterocycles. The molecule has 0 radical (unpaired) electrons. The Morgan fingerprint density at radius 2 is 1.95 bits per heavy atom. The van der Waals surface area contributed by atoms with Crippen LogP contribution in [0.2, 0.25) is 5.02 Å². The van der Waals surface area contributed by atoms with E-state index in [1.807, 2.05) is 0 Å². The Kier molecular flexibility index (Phi) is 6.43. The number of hydrogen-bond donors (Lipinski definition) is 0. The Hall–Kier alpha value is -0.650. The van der Waals surface area contributed by atoms with Crippen LogP contribution < -0.4 is 9.78 Å². The molecule has 0 aliphatic carbocycles. The molecule has 5 nitrogen and oxygen atoms in total. The van der Waals surface area contributed by atoms with Crippen molar-refractivity contribution >= 4 is 41.8 Å². The molecular weight excluding hydrogens is 321 g/mol. The van der Waals surface area contributed by atoms with Gasteiger partial charge in [0.2, 0.25) is 0 Å². The summed E-state index contributed by atoms with van der Waals surface area (Å²) in [6, 6.07) is 4.79. The van der Waals surface area contributed by atoms with E-state index < -0.39 is 12.7 Å². The lowest BCUT2D eigenvalue weighted by atomic mass is 10.2. The third-order valence-electron chi connectivity index (χ3n) is 2.39. The van der Waals surface area contributed by atoms with E-state index >= 15 is 0 Å². The second kappa shape index (κ2) is 7.38. The first-order valence-corrected chi connectivity index (χ1v) is 8.99. The molecule has 0 bridgehead atoms. The van der Waals surface area contributed by atoms with Crippen LogP contribution in [-0.4, -0.2) is 19.3 Å². The first-order chi connectivity index (χ1) is 9.35. The van der Waals surface area contributed by atoms with Crippen molar-refractivity contribution in [2.24, 2.45) is 0 Å². The lowest BCUT2D eigenvalue weighted by Crippen LogP contribution is -2.40. The van der Waals surface area contributed by atoms with Crippen LogP contribution >= 0.6 is 18.2 Å². The molecule has 1 amide bonds. The number of carbonyl (C=O) groups is 1. The van der Waals surface area contributed by atoms with Crippen LogP contribution in [0.15, 0.2) is 18.2 Å². The molecule has 0 aliphatic heterocycles. The minimum atomic E-state index is -3.19. The third kappa shape index (κ3) is 3.93. The van der Waals surface area contributed by atoms with Gasteiger partial charge >= 0.3 is 0 Å². The second-order valence-corrected chi connectivity index (χ2v) is 7.49. The van der Waals surface area contributed by atoms with Crippen LogP contribution in [0.1, 0.15) is 19.4 Å². The summed E-state index contributed by atoms with van der Waals surface area (Å²) in [5.41, 5.74) is 1.01. The van der Waals surface area contributed by atoms with E-state index in [1.54, 1.807) is 39.0 Å². The van der Waals surface area contributed by atoms with E-state index in [1.165, 1.54) is 0 Å². The normalized spacial score (nSPS) is 11.4. The number of anilines is 1. The molecule has 0 saturated carbocycles. The summed E-state index contributed by atoms with van der Waals surface area (Å²) in [4.78, 5) is 11.5. The van der Waals surface area contributed by atoms with Gasteiger partial charge in [-0.1, -0.05) is 11.6 Å². The van der Waals surface area contributed by atoms with Gasteiger partial charge in [-0.2, -0.15) is 0 Å². The van der Waals surface area contributed by atoms with Crippen LogP contribution in [-0.2, 0) is 20.9 Å². The van der Waals surface area contributed by atoms with Crippen molar-refractivity contribution in [1.82, 2.24) is 0 Å². The van der Waals surface area contributed by atoms with Crippen molar-refractivity contribution < 1.29 is 18.9 Å². The topological polar surface area (TPSA) is 61.8 Å². The molecular formula is C12H16ClNO4PS-. The molecule has 0 N–H and O–H groups in total. The fourth-order valence-corrected chi connectivity index (χ4v) is 4.64. The highest BCUT2D eigenvalue weighted by atomic mass is 35.5. The molecule has 1 rings (SSSR count). The standard InChI is InChI=1S/C12H17ClNO4PS/c1-4-17-19(20,18-5-2)14(12(15)16)11-7-6-10(13)8-9(11)3/h6-8H,4-5H2,1-3H3,(H,15,16)/p-1. The monoisotopic (exact) mass is 336 g/mol. The highest BCUT2D eigenvalue weighted by Crippen LogP contribution is 2.54. The van der Waals surface area contributed by atoms with Crippen LogP contribution in [0.5, 0.6) is 0 Å². The maximum absolute atomic E-state index is 11.5. The Morgan fingerprint density at radius 3 is 2.35 bits per heavy atom. The van der Waals surface area contributed by atoms with Crippen LogP contribution in [0.3, 0.4) is 0 Å². The second-order valence-electron chi connectivity index (χ2n) is 3.81. The molecule has 1 aromatic rings. The average Bonchev–Trinajstić information content (AvgIpc) is 2.32. The first kappa shape index (κ1) is 17.4. The minimum absolute atomic E-state index is 0.244. The highest BCUT2D eigenvalue weighted by molar-refractivity contribution is 8.10. The van der Waals surface area contributed by atoms with Gasteiger partial charge in [-0.3, -0.25) is 4.67 Å². The molecule has 0 aromatic heterocycles. The van der Waals surface area contributed by atoms with E-state index in [9.17, 15) is 9.90 Å². The smallest absolute Gasteiger partial charge is 0.295 e. The van der Waals surface area contributed by atoms with Crippen molar-refractivity contribution in [1.29, 1.82) is 0 Å². The van der Waals surface area contributed by atoms with E-state index in [4.69, 9.17) is 32.5 Å². The first-order valence-electron chi connectivity index (χ1n) is 6.02. The quantitative estimate of drug-likeness (QED) is 0.747. The SMILES string of the molecule is CCOP(=S)(OCC)N(C(=O)[O-])c1ccc(Cl)cc1C. The number of rotatable bonds is 6. The molecule has 0 fully saturated rings. The van der Waals surface area contributed by atoms with Gasteiger partial charge in [-0.05, 0) is 56.3 Å². The molecule has 20 heavy (non-hydrogen) atoms. The largest absolute Gasteiger partial charge is 0.529 e. The summed E-state index contributed by atoms with van der Waals surface area (Å²) >= 11 is 11.2. The Morgan fingerprint density at radius 1 is 1.40 bits per heavy atom. The zero-order valence-electron chi connectivity index (χ0n) is 11.5. The van der Waals surface area contributed by atoms with Gasteiger partial charge in [0.1, 0.15) is 6.09 Å². The number of nitrogens with zero attached hydrogens (tertiary/aromatic N) is 1. The molecule has 0 unspecified atom stereocenters. The number of carboxylic acid groups (broad SMARTS) is 1. The van der Waals surface area contributed by atoms with Gasteiger partial charge in [-0.25, -0.2) is 0 Å². The van der Waals surface area contributed by atoms with E-state index in [0.717, 1.165) is 4.67 Å². The molecule has 1 aromatic carbocycles. The van der Waals surface area contributed by atoms with Crippen LogP contribution in [0.25, 0.3) is 0 Å². The summed E-state index contributed by atoms with van der Waals surface area (Å²) in [6.07, 6.45) is -1.46. The summed E-state index contributed by atoms with van der Waals surface area (Å²) in [7, 11) is 0. The fourth-order valence-electron chi connectivity index (χ4n) is 1.67. The zero-order chi connectivity index (χ0) is 15.3. The van der Waals surface area contributed by atoms with E-state index in [2.05, 4.69) is 0 Å². The summed E-state index contributed by atoms with van der Waals surface area (Å²) in [5, 5.41) is 12.0. The van der Waals surface area contributed by atoms with Crippen molar-refractivity contribution in [3.05, 3.63) is 28.8 Å². The van der Waals surface area contributed by atoms with Crippen molar-refractivity contribution in [2.45, 2.75) is 20.8 Å².